The highest BCUT2D eigenvalue weighted by Gasteiger charge is 2.10. The van der Waals surface area contributed by atoms with Crippen LogP contribution in [0.25, 0.3) is 0 Å². The summed E-state index contributed by atoms with van der Waals surface area (Å²) < 4.78 is 13.2. The second-order valence-corrected chi connectivity index (χ2v) is 6.02. The molecule has 23 heavy (non-hydrogen) atoms. The van der Waals surface area contributed by atoms with Crippen LogP contribution >= 0.6 is 0 Å². The van der Waals surface area contributed by atoms with Crippen LogP contribution in [0.5, 0.6) is 0 Å². The fourth-order valence-corrected chi connectivity index (χ4v) is 2.66. The normalized spacial score (nSPS) is 20.0. The van der Waals surface area contributed by atoms with E-state index in [-0.39, 0.29) is 5.82 Å². The molecule has 2 nitrogen and oxygen atoms in total. The van der Waals surface area contributed by atoms with Crippen molar-refractivity contribution in [2.24, 2.45) is 0 Å². The minimum absolute atomic E-state index is 0.191. The molecule has 0 radical (unpaired) electrons. The van der Waals surface area contributed by atoms with Crippen molar-refractivity contribution in [2.75, 3.05) is 14.1 Å². The molecule has 0 N–H and O–H groups in total. The lowest BCUT2D eigenvalue weighted by Gasteiger charge is -2.22. The van der Waals surface area contributed by atoms with E-state index in [2.05, 4.69) is 60.4 Å². The summed E-state index contributed by atoms with van der Waals surface area (Å²) in [5.41, 5.74) is 3.35. The molecule has 0 atom stereocenters. The number of hydrogen-bond donors (Lipinski definition) is 0. The van der Waals surface area contributed by atoms with Crippen molar-refractivity contribution in [3.63, 3.8) is 0 Å². The maximum absolute atomic E-state index is 13.2. The van der Waals surface area contributed by atoms with Crippen LogP contribution in [0.4, 0.5) is 4.39 Å². The Kier molecular flexibility index (Phi) is 4.58. The minimum Gasteiger partial charge on any atom is -0.350 e. The fourth-order valence-electron chi connectivity index (χ4n) is 2.66. The van der Waals surface area contributed by atoms with Gasteiger partial charge in [0.2, 0.25) is 0 Å². The van der Waals surface area contributed by atoms with Gasteiger partial charge in [-0.15, -0.1) is 0 Å². The molecular weight excluding hydrogens is 287 g/mol. The van der Waals surface area contributed by atoms with E-state index in [1.165, 1.54) is 17.2 Å². The van der Waals surface area contributed by atoms with Crippen molar-refractivity contribution in [2.45, 2.75) is 12.6 Å². The van der Waals surface area contributed by atoms with Gasteiger partial charge in [0.15, 0.2) is 0 Å². The van der Waals surface area contributed by atoms with E-state index < -0.39 is 0 Å². The lowest BCUT2D eigenvalue weighted by molar-refractivity contribution is 0.390. The second-order valence-electron chi connectivity index (χ2n) is 6.02. The first kappa shape index (κ1) is 15.5. The van der Waals surface area contributed by atoms with Gasteiger partial charge in [0.25, 0.3) is 0 Å². The van der Waals surface area contributed by atoms with Crippen molar-refractivity contribution in [3.8, 4) is 0 Å². The zero-order valence-corrected chi connectivity index (χ0v) is 13.5. The molecule has 1 aliphatic carbocycles. The Morgan fingerprint density at radius 1 is 1.00 bits per heavy atom. The van der Waals surface area contributed by atoms with Crippen molar-refractivity contribution >= 4 is 0 Å². The Morgan fingerprint density at radius 3 is 2.26 bits per heavy atom. The summed E-state index contributed by atoms with van der Waals surface area (Å²) in [7, 11) is 4.14. The SMILES string of the molecule is CN(C)C1C=CC(=C2C=CN(Cc3cccc(F)c3)C=C2)C=C1. The van der Waals surface area contributed by atoms with E-state index in [0.717, 1.165) is 5.56 Å². The van der Waals surface area contributed by atoms with Crippen molar-refractivity contribution < 1.29 is 4.39 Å². The van der Waals surface area contributed by atoms with E-state index in [0.29, 0.717) is 12.6 Å². The summed E-state index contributed by atoms with van der Waals surface area (Å²) in [6.07, 6.45) is 17.0. The van der Waals surface area contributed by atoms with Gasteiger partial charge in [0.05, 0.1) is 0 Å². The van der Waals surface area contributed by atoms with E-state index in [1.54, 1.807) is 12.1 Å². The average Bonchev–Trinajstić information content (AvgIpc) is 2.56. The van der Waals surface area contributed by atoms with E-state index >= 15 is 0 Å². The highest BCUT2D eigenvalue weighted by Crippen LogP contribution is 2.21. The number of rotatable bonds is 3. The van der Waals surface area contributed by atoms with Crippen molar-refractivity contribution in [1.82, 2.24) is 9.80 Å². The molecule has 1 aromatic carbocycles. The fraction of sp³-hybridized carbons (Fsp3) is 0.200. The third-order valence-corrected chi connectivity index (χ3v) is 4.02. The highest BCUT2D eigenvalue weighted by atomic mass is 19.1. The average molecular weight is 308 g/mol. The van der Waals surface area contributed by atoms with Gasteiger partial charge in [0.1, 0.15) is 5.82 Å². The summed E-state index contributed by atoms with van der Waals surface area (Å²) >= 11 is 0. The Labute approximate surface area is 137 Å². The molecule has 0 bridgehead atoms. The van der Waals surface area contributed by atoms with Crippen molar-refractivity contribution in [1.29, 1.82) is 0 Å². The van der Waals surface area contributed by atoms with E-state index in [1.807, 2.05) is 18.5 Å². The predicted octanol–water partition coefficient (Wildman–Crippen LogP) is 4.02. The van der Waals surface area contributed by atoms with Crippen molar-refractivity contribution in [3.05, 3.63) is 95.6 Å². The standard InChI is InChI=1S/C20H21FN2/c1-22(2)20-8-6-17(7-9-20)18-10-12-23(13-11-18)15-16-4-3-5-19(21)14-16/h3-14,20H,15H2,1-2H3. The smallest absolute Gasteiger partial charge is 0.123 e. The molecule has 0 fully saturated rings. The molecular formula is C20H21FN2. The van der Waals surface area contributed by atoms with Crippen LogP contribution in [0.15, 0.2) is 84.3 Å². The number of allylic oxidation sites excluding steroid dienone is 6. The first-order chi connectivity index (χ1) is 11.1. The minimum atomic E-state index is -0.191. The van der Waals surface area contributed by atoms with Crippen LogP contribution < -0.4 is 0 Å². The number of nitrogens with zero attached hydrogens (tertiary/aromatic N) is 2. The molecule has 3 rings (SSSR count). The van der Waals surface area contributed by atoms with Crippen LogP contribution in [0.2, 0.25) is 0 Å². The molecule has 1 aromatic rings. The molecule has 0 spiro atoms. The molecule has 0 saturated heterocycles. The van der Waals surface area contributed by atoms with Crippen LogP contribution in [-0.4, -0.2) is 29.9 Å². The summed E-state index contributed by atoms with van der Waals surface area (Å²) in [5, 5.41) is 0. The zero-order valence-electron chi connectivity index (χ0n) is 13.5. The third-order valence-electron chi connectivity index (χ3n) is 4.02. The van der Waals surface area contributed by atoms with Gasteiger partial charge in [0, 0.05) is 25.0 Å². The topological polar surface area (TPSA) is 6.48 Å². The molecule has 0 amide bonds. The molecule has 0 unspecified atom stereocenters. The maximum Gasteiger partial charge on any atom is 0.123 e. The lowest BCUT2D eigenvalue weighted by Crippen LogP contribution is -2.24. The predicted molar refractivity (Wildman–Crippen MR) is 93.0 cm³/mol. The quantitative estimate of drug-likeness (QED) is 0.832. The summed E-state index contributed by atoms with van der Waals surface area (Å²) in [4.78, 5) is 4.22. The number of halogens is 1. The van der Waals surface area contributed by atoms with Gasteiger partial charge in [-0.05, 0) is 55.1 Å². The van der Waals surface area contributed by atoms with E-state index in [9.17, 15) is 4.39 Å². The molecule has 2 aliphatic rings. The highest BCUT2D eigenvalue weighted by molar-refractivity contribution is 5.50. The summed E-state index contributed by atoms with van der Waals surface area (Å²) in [5.74, 6) is -0.191. The van der Waals surface area contributed by atoms with Crippen LogP contribution in [-0.2, 0) is 6.54 Å². The first-order valence-electron chi connectivity index (χ1n) is 7.75. The summed E-state index contributed by atoms with van der Waals surface area (Å²) in [6.45, 7) is 0.668. The second kappa shape index (κ2) is 6.80. The Morgan fingerprint density at radius 2 is 1.65 bits per heavy atom. The number of likely N-dealkylation sites (N-methyl/N-ethyl adjacent to an activating group) is 1. The number of hydrogen-bond acceptors (Lipinski definition) is 2. The molecule has 0 aromatic heterocycles. The van der Waals surface area contributed by atoms with Gasteiger partial charge >= 0.3 is 0 Å². The van der Waals surface area contributed by atoms with Crippen LogP contribution in [0.3, 0.4) is 0 Å². The monoisotopic (exact) mass is 308 g/mol. The molecule has 3 heteroatoms. The Bertz CT molecular complexity index is 691. The van der Waals surface area contributed by atoms with Gasteiger partial charge < -0.3 is 4.90 Å². The third kappa shape index (κ3) is 3.88. The van der Waals surface area contributed by atoms with Crippen LogP contribution in [0.1, 0.15) is 5.56 Å². The Balaban J connectivity index is 1.68. The molecule has 118 valence electrons. The zero-order chi connectivity index (χ0) is 16.2. The van der Waals surface area contributed by atoms with Gasteiger partial charge in [-0.3, -0.25) is 4.90 Å². The van der Waals surface area contributed by atoms with Crippen LogP contribution in [0, 0.1) is 5.82 Å². The maximum atomic E-state index is 13.2. The van der Waals surface area contributed by atoms with Gasteiger partial charge in [-0.2, -0.15) is 0 Å². The van der Waals surface area contributed by atoms with Gasteiger partial charge in [-0.25, -0.2) is 4.39 Å². The summed E-state index contributed by atoms with van der Waals surface area (Å²) in [6, 6.07) is 7.08. The van der Waals surface area contributed by atoms with Gasteiger partial charge in [-0.1, -0.05) is 36.4 Å². The largest absolute Gasteiger partial charge is 0.350 e. The lowest BCUT2D eigenvalue weighted by atomic mass is 9.99. The Hall–Kier alpha value is -2.39. The van der Waals surface area contributed by atoms with E-state index in [4.69, 9.17) is 0 Å². The molecule has 1 aliphatic heterocycles. The molecule has 1 heterocycles. The first-order valence-corrected chi connectivity index (χ1v) is 7.75. The number of benzene rings is 1. The molecule has 0 saturated carbocycles.